The second kappa shape index (κ2) is 8.46. The lowest BCUT2D eigenvalue weighted by Gasteiger charge is -2.12. The molecule has 27 heavy (non-hydrogen) atoms. The van der Waals surface area contributed by atoms with E-state index in [1.165, 1.54) is 17.1 Å². The summed E-state index contributed by atoms with van der Waals surface area (Å²) in [5, 5.41) is 5.94. The maximum atomic E-state index is 12.6. The summed E-state index contributed by atoms with van der Waals surface area (Å²) >= 11 is 5.49. The third-order valence-electron chi connectivity index (χ3n) is 4.26. The molecule has 138 valence electrons. The Bertz CT molecular complexity index is 906. The van der Waals surface area contributed by atoms with Crippen LogP contribution in [-0.2, 0) is 0 Å². The van der Waals surface area contributed by atoms with E-state index in [-0.39, 0.29) is 11.9 Å². The number of nitrogens with one attached hydrogen (secondary N) is 1. The van der Waals surface area contributed by atoms with Gasteiger partial charge in [0.05, 0.1) is 16.3 Å². The van der Waals surface area contributed by atoms with Crippen LogP contribution in [0.15, 0.2) is 54.2 Å². The minimum atomic E-state index is -0.145. The molecule has 0 saturated carbocycles. The van der Waals surface area contributed by atoms with Crippen molar-refractivity contribution in [3.63, 3.8) is 0 Å². The van der Waals surface area contributed by atoms with Gasteiger partial charge in [0.1, 0.15) is 5.01 Å². The summed E-state index contributed by atoms with van der Waals surface area (Å²) in [4.78, 5) is 21.4. The van der Waals surface area contributed by atoms with Crippen molar-refractivity contribution < 1.29 is 4.79 Å². The van der Waals surface area contributed by atoms with Crippen molar-refractivity contribution >= 4 is 40.8 Å². The smallest absolute Gasteiger partial charge is 0.251 e. The molecule has 3 aromatic rings. The van der Waals surface area contributed by atoms with E-state index >= 15 is 0 Å². The van der Waals surface area contributed by atoms with Gasteiger partial charge in [-0.05, 0) is 36.8 Å². The van der Waals surface area contributed by atoms with Crippen molar-refractivity contribution in [2.75, 3.05) is 11.5 Å². The Morgan fingerprint density at radius 2 is 1.96 bits per heavy atom. The predicted molar refractivity (Wildman–Crippen MR) is 115 cm³/mol. The Balaban J connectivity index is 1.41. The third-order valence-corrected chi connectivity index (χ3v) is 8.40. The topological polar surface area (TPSA) is 54.9 Å². The van der Waals surface area contributed by atoms with Gasteiger partial charge in [-0.25, -0.2) is 4.98 Å². The first-order valence-corrected chi connectivity index (χ1v) is 11.7. The number of nitrogens with zero attached hydrogens (tertiary/aromatic N) is 2. The lowest BCUT2D eigenvalue weighted by atomic mass is 10.1. The zero-order valence-electron chi connectivity index (χ0n) is 14.8. The minimum Gasteiger partial charge on any atom is -0.343 e. The quantitative estimate of drug-likeness (QED) is 0.625. The zero-order chi connectivity index (χ0) is 18.6. The van der Waals surface area contributed by atoms with Gasteiger partial charge in [-0.3, -0.25) is 9.78 Å². The summed E-state index contributed by atoms with van der Waals surface area (Å²) in [6, 6.07) is 11.7. The number of aromatic nitrogens is 2. The Morgan fingerprint density at radius 3 is 2.67 bits per heavy atom. The molecule has 4 nitrogen and oxygen atoms in total. The number of rotatable bonds is 5. The zero-order valence-corrected chi connectivity index (χ0v) is 17.2. The number of hydrogen-bond acceptors (Lipinski definition) is 6. The molecule has 1 aliphatic heterocycles. The fourth-order valence-corrected chi connectivity index (χ4v) is 6.51. The number of amides is 1. The normalized spacial score (nSPS) is 15.6. The third kappa shape index (κ3) is 4.36. The number of thioether (sulfide) groups is 2. The molecule has 1 N–H and O–H groups in total. The van der Waals surface area contributed by atoms with Crippen molar-refractivity contribution in [3.05, 3.63) is 70.3 Å². The first kappa shape index (κ1) is 18.5. The fourth-order valence-electron chi connectivity index (χ4n) is 2.82. The molecule has 4 rings (SSSR count). The first-order chi connectivity index (χ1) is 13.2. The van der Waals surface area contributed by atoms with E-state index in [9.17, 15) is 4.79 Å². The van der Waals surface area contributed by atoms with Gasteiger partial charge < -0.3 is 5.32 Å². The van der Waals surface area contributed by atoms with E-state index in [1.807, 2.05) is 60.1 Å². The van der Waals surface area contributed by atoms with E-state index in [0.29, 0.717) is 10.1 Å². The number of pyridine rings is 1. The maximum absolute atomic E-state index is 12.6. The fraction of sp³-hybridized carbons (Fsp3) is 0.250. The van der Waals surface area contributed by atoms with Crippen molar-refractivity contribution in [2.24, 2.45) is 0 Å². The highest BCUT2D eigenvalue weighted by molar-refractivity contribution is 8.19. The van der Waals surface area contributed by atoms with Crippen LogP contribution < -0.4 is 5.32 Å². The van der Waals surface area contributed by atoms with Gasteiger partial charge in [0, 0.05) is 40.4 Å². The van der Waals surface area contributed by atoms with Crippen LogP contribution in [0, 0.1) is 0 Å². The van der Waals surface area contributed by atoms with E-state index in [2.05, 4.69) is 27.4 Å². The number of carbonyl (C=O) groups is 1. The summed E-state index contributed by atoms with van der Waals surface area (Å²) in [5.74, 6) is 2.33. The van der Waals surface area contributed by atoms with Crippen LogP contribution in [0.3, 0.4) is 0 Å². The second-order valence-electron chi connectivity index (χ2n) is 6.20. The van der Waals surface area contributed by atoms with Crippen molar-refractivity contribution in [2.45, 2.75) is 17.5 Å². The Labute approximate surface area is 171 Å². The lowest BCUT2D eigenvalue weighted by Crippen LogP contribution is -2.26. The van der Waals surface area contributed by atoms with Crippen LogP contribution in [0.5, 0.6) is 0 Å². The van der Waals surface area contributed by atoms with E-state index in [0.717, 1.165) is 16.3 Å². The standard InChI is InChI=1S/C20H19N3OS3/c1-13(19-23-17(12-27-19)16-3-2-8-21-11-16)22-18(24)14-4-6-15(7-5-14)20-25-9-10-26-20/h2-8,11-13,20H,9-10H2,1H3,(H,22,24). The van der Waals surface area contributed by atoms with Crippen LogP contribution in [0.2, 0.25) is 0 Å². The molecule has 1 aliphatic rings. The van der Waals surface area contributed by atoms with Gasteiger partial charge in [0.25, 0.3) is 5.91 Å². The molecule has 2 aromatic heterocycles. The molecule has 1 unspecified atom stereocenters. The predicted octanol–water partition coefficient (Wildman–Crippen LogP) is 5.17. The highest BCUT2D eigenvalue weighted by Gasteiger charge is 2.19. The largest absolute Gasteiger partial charge is 0.343 e. The monoisotopic (exact) mass is 413 g/mol. The van der Waals surface area contributed by atoms with Gasteiger partial charge in [0.15, 0.2) is 0 Å². The molecule has 1 aromatic carbocycles. The van der Waals surface area contributed by atoms with Crippen LogP contribution in [-0.4, -0.2) is 27.4 Å². The Morgan fingerprint density at radius 1 is 1.19 bits per heavy atom. The second-order valence-corrected chi connectivity index (χ2v) is 9.82. The molecule has 0 spiro atoms. The molecule has 7 heteroatoms. The van der Waals surface area contributed by atoms with Crippen molar-refractivity contribution in [1.82, 2.24) is 15.3 Å². The van der Waals surface area contributed by atoms with Crippen LogP contribution >= 0.6 is 34.9 Å². The molecule has 0 bridgehead atoms. The lowest BCUT2D eigenvalue weighted by molar-refractivity contribution is 0.0940. The average Bonchev–Trinajstić information content (AvgIpc) is 3.41. The number of hydrogen-bond donors (Lipinski definition) is 1. The molecule has 1 saturated heterocycles. The van der Waals surface area contributed by atoms with E-state index in [4.69, 9.17) is 0 Å². The SMILES string of the molecule is CC(NC(=O)c1ccc(C2SCCS2)cc1)c1nc(-c2cccnc2)cs1. The summed E-state index contributed by atoms with van der Waals surface area (Å²) in [5.41, 5.74) is 3.84. The maximum Gasteiger partial charge on any atom is 0.251 e. The highest BCUT2D eigenvalue weighted by atomic mass is 32.2. The molecule has 0 aliphatic carbocycles. The van der Waals surface area contributed by atoms with Crippen molar-refractivity contribution in [1.29, 1.82) is 0 Å². The van der Waals surface area contributed by atoms with Crippen LogP contribution in [0.4, 0.5) is 0 Å². The average molecular weight is 414 g/mol. The highest BCUT2D eigenvalue weighted by Crippen LogP contribution is 2.45. The minimum absolute atomic E-state index is 0.0705. The molecule has 1 fully saturated rings. The Hall–Kier alpha value is -1.83. The molecular weight excluding hydrogens is 394 g/mol. The van der Waals surface area contributed by atoms with E-state index in [1.54, 1.807) is 23.7 Å². The summed E-state index contributed by atoms with van der Waals surface area (Å²) in [6.07, 6.45) is 3.54. The molecule has 0 radical (unpaired) electrons. The van der Waals surface area contributed by atoms with Gasteiger partial charge in [-0.15, -0.1) is 34.9 Å². The molecular formula is C20H19N3OS3. The Kier molecular flexibility index (Phi) is 5.80. The van der Waals surface area contributed by atoms with Gasteiger partial charge >= 0.3 is 0 Å². The van der Waals surface area contributed by atoms with Gasteiger partial charge in [-0.2, -0.15) is 0 Å². The van der Waals surface area contributed by atoms with Gasteiger partial charge in [-0.1, -0.05) is 12.1 Å². The summed E-state index contributed by atoms with van der Waals surface area (Å²) in [6.45, 7) is 1.96. The van der Waals surface area contributed by atoms with Crippen LogP contribution in [0.1, 0.15) is 38.5 Å². The summed E-state index contributed by atoms with van der Waals surface area (Å²) in [7, 11) is 0. The molecule has 1 amide bonds. The molecule has 1 atom stereocenters. The number of carbonyl (C=O) groups excluding carboxylic acids is 1. The number of thiazole rings is 1. The molecule has 3 heterocycles. The first-order valence-electron chi connectivity index (χ1n) is 8.70. The van der Waals surface area contributed by atoms with E-state index < -0.39 is 0 Å². The van der Waals surface area contributed by atoms with Crippen molar-refractivity contribution in [3.8, 4) is 11.3 Å². The van der Waals surface area contributed by atoms with Gasteiger partial charge in [0.2, 0.25) is 0 Å². The summed E-state index contributed by atoms with van der Waals surface area (Å²) < 4.78 is 0.502. The number of benzene rings is 1. The van der Waals surface area contributed by atoms with Crippen LogP contribution in [0.25, 0.3) is 11.3 Å².